The summed E-state index contributed by atoms with van der Waals surface area (Å²) >= 11 is -0.133. The minimum Gasteiger partial charge on any atom is -0.369 e. The zero-order valence-electron chi connectivity index (χ0n) is 10.6. The van der Waals surface area contributed by atoms with Gasteiger partial charge in [-0.25, -0.2) is 4.98 Å². The predicted octanol–water partition coefficient (Wildman–Crippen LogP) is 4.42. The van der Waals surface area contributed by atoms with Gasteiger partial charge in [0.15, 0.2) is 5.95 Å². The van der Waals surface area contributed by atoms with E-state index >= 15 is 0 Å². The largest absolute Gasteiger partial charge is 0.446 e. The molecule has 0 radical (unpaired) electrons. The minimum atomic E-state index is -4.30. The summed E-state index contributed by atoms with van der Waals surface area (Å²) < 4.78 is 37.4. The van der Waals surface area contributed by atoms with Crippen LogP contribution in [0.3, 0.4) is 0 Å². The number of aromatic amines is 1. The van der Waals surface area contributed by atoms with Crippen molar-refractivity contribution in [2.45, 2.75) is 10.4 Å². The van der Waals surface area contributed by atoms with Gasteiger partial charge >= 0.3 is 5.51 Å². The van der Waals surface area contributed by atoms with Crippen molar-refractivity contribution in [2.75, 3.05) is 5.73 Å². The van der Waals surface area contributed by atoms with Gasteiger partial charge in [0, 0.05) is 10.5 Å². The van der Waals surface area contributed by atoms with E-state index in [-0.39, 0.29) is 22.6 Å². The SMILES string of the molecule is Nc1nc2c(-c3cccc(SC(F)(F)F)c3)cccc2[nH]1. The summed E-state index contributed by atoms with van der Waals surface area (Å²) in [5.41, 5.74) is 4.13. The van der Waals surface area contributed by atoms with Crippen LogP contribution in [-0.4, -0.2) is 15.5 Å². The van der Waals surface area contributed by atoms with Crippen molar-refractivity contribution in [2.24, 2.45) is 0 Å². The molecule has 21 heavy (non-hydrogen) atoms. The quantitative estimate of drug-likeness (QED) is 0.689. The summed E-state index contributed by atoms with van der Waals surface area (Å²) in [7, 11) is 0. The Morgan fingerprint density at radius 1 is 1.10 bits per heavy atom. The van der Waals surface area contributed by atoms with Crippen molar-refractivity contribution in [3.05, 3.63) is 42.5 Å². The molecule has 0 fully saturated rings. The molecule has 1 heterocycles. The molecular formula is C14H10F3N3S. The molecule has 0 unspecified atom stereocenters. The zero-order chi connectivity index (χ0) is 15.0. The number of rotatable bonds is 2. The first-order chi connectivity index (χ1) is 9.92. The van der Waals surface area contributed by atoms with Crippen LogP contribution in [0.1, 0.15) is 0 Å². The maximum Gasteiger partial charge on any atom is 0.446 e. The van der Waals surface area contributed by atoms with E-state index < -0.39 is 5.51 Å². The molecule has 0 spiro atoms. The molecule has 0 atom stereocenters. The number of nitrogens with zero attached hydrogens (tertiary/aromatic N) is 1. The van der Waals surface area contributed by atoms with Gasteiger partial charge in [0.25, 0.3) is 0 Å². The number of hydrogen-bond acceptors (Lipinski definition) is 3. The Morgan fingerprint density at radius 2 is 1.86 bits per heavy atom. The Balaban J connectivity index is 2.08. The summed E-state index contributed by atoms with van der Waals surface area (Å²) in [5.74, 6) is 0.276. The van der Waals surface area contributed by atoms with E-state index in [1.807, 2.05) is 6.07 Å². The van der Waals surface area contributed by atoms with Crippen LogP contribution in [0.5, 0.6) is 0 Å². The average molecular weight is 309 g/mol. The van der Waals surface area contributed by atoms with Crippen LogP contribution < -0.4 is 5.73 Å². The standard InChI is InChI=1S/C14H10F3N3S/c15-14(16,17)21-9-4-1-3-8(7-9)10-5-2-6-11-12(10)20-13(18)19-11/h1-7H,(H3,18,19,20). The number of aromatic nitrogens is 2. The molecule has 0 saturated carbocycles. The lowest BCUT2D eigenvalue weighted by Crippen LogP contribution is -1.98. The van der Waals surface area contributed by atoms with Crippen LogP contribution in [0.2, 0.25) is 0 Å². The normalized spacial score (nSPS) is 12.0. The molecule has 3 aromatic rings. The van der Waals surface area contributed by atoms with Crippen LogP contribution in [0.15, 0.2) is 47.4 Å². The van der Waals surface area contributed by atoms with Crippen LogP contribution >= 0.6 is 11.8 Å². The Labute approximate surface area is 122 Å². The van der Waals surface area contributed by atoms with E-state index in [4.69, 9.17) is 5.73 Å². The highest BCUT2D eigenvalue weighted by molar-refractivity contribution is 8.00. The van der Waals surface area contributed by atoms with E-state index in [0.29, 0.717) is 11.1 Å². The van der Waals surface area contributed by atoms with E-state index in [9.17, 15) is 13.2 Å². The summed E-state index contributed by atoms with van der Waals surface area (Å²) in [6.45, 7) is 0. The number of alkyl halides is 3. The minimum absolute atomic E-state index is 0.133. The number of anilines is 1. The molecule has 7 heteroatoms. The van der Waals surface area contributed by atoms with Gasteiger partial charge in [0.2, 0.25) is 0 Å². The third-order valence-electron chi connectivity index (χ3n) is 2.91. The number of halogens is 3. The fourth-order valence-electron chi connectivity index (χ4n) is 2.14. The Bertz CT molecular complexity index is 796. The van der Waals surface area contributed by atoms with E-state index in [0.717, 1.165) is 11.1 Å². The van der Waals surface area contributed by atoms with E-state index in [1.54, 1.807) is 24.3 Å². The van der Waals surface area contributed by atoms with Gasteiger partial charge in [-0.3, -0.25) is 0 Å². The smallest absolute Gasteiger partial charge is 0.369 e. The van der Waals surface area contributed by atoms with Crippen molar-refractivity contribution < 1.29 is 13.2 Å². The molecule has 1 aromatic heterocycles. The van der Waals surface area contributed by atoms with E-state index in [2.05, 4.69) is 9.97 Å². The first-order valence-corrected chi connectivity index (χ1v) is 6.84. The summed E-state index contributed by atoms with van der Waals surface area (Å²) in [5, 5.41) is 0. The molecule has 2 aromatic carbocycles. The number of thioether (sulfide) groups is 1. The first kappa shape index (κ1) is 13.8. The molecule has 0 bridgehead atoms. The highest BCUT2D eigenvalue weighted by Gasteiger charge is 2.29. The van der Waals surface area contributed by atoms with E-state index in [1.165, 1.54) is 12.1 Å². The summed E-state index contributed by atoms with van der Waals surface area (Å²) in [6.07, 6.45) is 0. The van der Waals surface area contributed by atoms with Gasteiger partial charge in [-0.15, -0.1) is 0 Å². The van der Waals surface area contributed by atoms with Gasteiger partial charge < -0.3 is 10.7 Å². The molecule has 3 rings (SSSR count). The van der Waals surface area contributed by atoms with Gasteiger partial charge in [-0.2, -0.15) is 13.2 Å². The maximum absolute atomic E-state index is 12.5. The fraction of sp³-hybridized carbons (Fsp3) is 0.0714. The topological polar surface area (TPSA) is 54.7 Å². The van der Waals surface area contributed by atoms with Crippen molar-refractivity contribution in [3.63, 3.8) is 0 Å². The number of benzene rings is 2. The second kappa shape index (κ2) is 5.00. The highest BCUT2D eigenvalue weighted by atomic mass is 32.2. The Morgan fingerprint density at radius 3 is 2.62 bits per heavy atom. The number of nitrogens with one attached hydrogen (secondary N) is 1. The van der Waals surface area contributed by atoms with Gasteiger partial charge in [-0.1, -0.05) is 24.3 Å². The van der Waals surface area contributed by atoms with Crippen molar-refractivity contribution >= 4 is 28.7 Å². The fourth-order valence-corrected chi connectivity index (χ4v) is 2.74. The molecule has 0 amide bonds. The molecule has 0 aliphatic heterocycles. The van der Waals surface area contributed by atoms with Crippen molar-refractivity contribution in [1.82, 2.24) is 9.97 Å². The van der Waals surface area contributed by atoms with Crippen LogP contribution in [0.4, 0.5) is 19.1 Å². The lowest BCUT2D eigenvalue weighted by atomic mass is 10.0. The van der Waals surface area contributed by atoms with Crippen LogP contribution in [0.25, 0.3) is 22.2 Å². The average Bonchev–Trinajstić information content (AvgIpc) is 2.76. The van der Waals surface area contributed by atoms with Gasteiger partial charge in [-0.05, 0) is 35.5 Å². The monoisotopic (exact) mass is 309 g/mol. The summed E-state index contributed by atoms with van der Waals surface area (Å²) in [4.78, 5) is 7.23. The molecule has 3 N–H and O–H groups in total. The number of nitrogen functional groups attached to an aromatic ring is 1. The maximum atomic E-state index is 12.5. The molecule has 0 aliphatic rings. The number of imidazole rings is 1. The first-order valence-electron chi connectivity index (χ1n) is 6.03. The number of para-hydroxylation sites is 1. The molecule has 108 valence electrons. The predicted molar refractivity (Wildman–Crippen MR) is 77.9 cm³/mol. The Hall–Kier alpha value is -2.15. The highest BCUT2D eigenvalue weighted by Crippen LogP contribution is 2.38. The third-order valence-corrected chi connectivity index (χ3v) is 3.63. The lowest BCUT2D eigenvalue weighted by Gasteiger charge is -2.08. The van der Waals surface area contributed by atoms with Gasteiger partial charge in [0.1, 0.15) is 0 Å². The van der Waals surface area contributed by atoms with Crippen LogP contribution in [-0.2, 0) is 0 Å². The molecular weight excluding hydrogens is 299 g/mol. The molecule has 3 nitrogen and oxygen atoms in total. The van der Waals surface area contributed by atoms with Crippen molar-refractivity contribution in [1.29, 1.82) is 0 Å². The second-order valence-electron chi connectivity index (χ2n) is 4.40. The number of fused-ring (bicyclic) bond motifs is 1. The summed E-state index contributed by atoms with van der Waals surface area (Å²) in [6, 6.07) is 11.7. The Kier molecular flexibility index (Phi) is 3.29. The van der Waals surface area contributed by atoms with Crippen molar-refractivity contribution in [3.8, 4) is 11.1 Å². The number of nitrogens with two attached hydrogens (primary N) is 1. The van der Waals surface area contributed by atoms with Gasteiger partial charge in [0.05, 0.1) is 11.0 Å². The number of hydrogen-bond donors (Lipinski definition) is 2. The third kappa shape index (κ3) is 2.97. The second-order valence-corrected chi connectivity index (χ2v) is 5.54. The molecule has 0 saturated heterocycles. The molecule has 0 aliphatic carbocycles. The lowest BCUT2D eigenvalue weighted by molar-refractivity contribution is -0.0328. The number of H-pyrrole nitrogens is 1. The zero-order valence-corrected chi connectivity index (χ0v) is 11.4. The van der Waals surface area contributed by atoms with Crippen LogP contribution in [0, 0.1) is 0 Å².